The molecule has 1 aromatic rings. The molecule has 5 nitrogen and oxygen atoms in total. The van der Waals surface area contributed by atoms with Crippen molar-refractivity contribution in [1.29, 1.82) is 0 Å². The van der Waals surface area contributed by atoms with Gasteiger partial charge in [-0.05, 0) is 24.1 Å². The normalized spacial score (nSPS) is 13.3. The van der Waals surface area contributed by atoms with E-state index in [1.54, 1.807) is 0 Å². The molecule has 20 heavy (non-hydrogen) atoms. The first-order valence-electron chi connectivity index (χ1n) is 6.16. The Morgan fingerprint density at radius 2 is 2.00 bits per heavy atom. The van der Waals surface area contributed by atoms with E-state index in [4.69, 9.17) is 5.73 Å². The van der Waals surface area contributed by atoms with Crippen LogP contribution >= 0.6 is 0 Å². The number of carbonyl (C=O) groups is 1. The van der Waals surface area contributed by atoms with Crippen LogP contribution in [0.5, 0.6) is 0 Å². The third-order valence-electron chi connectivity index (χ3n) is 2.92. The molecule has 1 atom stereocenters. The van der Waals surface area contributed by atoms with Gasteiger partial charge >= 0.3 is 0 Å². The van der Waals surface area contributed by atoms with Gasteiger partial charge < -0.3 is 11.1 Å². The van der Waals surface area contributed by atoms with Gasteiger partial charge in [0, 0.05) is 18.7 Å². The number of sulfone groups is 1. The van der Waals surface area contributed by atoms with Crippen molar-refractivity contribution in [2.45, 2.75) is 31.2 Å². The first-order chi connectivity index (χ1) is 9.11. The minimum atomic E-state index is -3.46. The molecule has 0 fully saturated rings. The number of halogens is 1. The highest BCUT2D eigenvalue weighted by molar-refractivity contribution is 7.90. The van der Waals surface area contributed by atoms with Crippen molar-refractivity contribution in [3.63, 3.8) is 0 Å². The van der Waals surface area contributed by atoms with Gasteiger partial charge in [-0.2, -0.15) is 0 Å². The van der Waals surface area contributed by atoms with Gasteiger partial charge in [0.2, 0.25) is 5.91 Å². The summed E-state index contributed by atoms with van der Waals surface area (Å²) in [5.41, 5.74) is 5.60. The highest BCUT2D eigenvalue weighted by Crippen LogP contribution is 2.20. The maximum atomic E-state index is 13.6. The summed E-state index contributed by atoms with van der Waals surface area (Å²) >= 11 is 0. The second kappa shape index (κ2) is 6.32. The van der Waals surface area contributed by atoms with E-state index in [9.17, 15) is 17.6 Å². The number of carbonyl (C=O) groups excluding carboxylic acids is 1. The Balaban J connectivity index is 2.90. The second-order valence-corrected chi connectivity index (χ2v) is 7.09. The summed E-state index contributed by atoms with van der Waals surface area (Å²) in [6, 6.07) is 2.93. The van der Waals surface area contributed by atoms with Crippen molar-refractivity contribution >= 4 is 21.4 Å². The van der Waals surface area contributed by atoms with Gasteiger partial charge in [0.15, 0.2) is 9.84 Å². The Morgan fingerprint density at radius 1 is 1.40 bits per heavy atom. The van der Waals surface area contributed by atoms with E-state index in [1.165, 1.54) is 0 Å². The SMILES string of the molecule is CC(C)C(N)CC(=O)Nc1cc(S(C)(=O)=O)ccc1F. The van der Waals surface area contributed by atoms with Crippen LogP contribution in [0.4, 0.5) is 10.1 Å². The average molecular weight is 302 g/mol. The number of hydrogen-bond donors (Lipinski definition) is 2. The molecule has 7 heteroatoms. The molecular weight excluding hydrogens is 283 g/mol. The molecule has 0 bridgehead atoms. The summed E-state index contributed by atoms with van der Waals surface area (Å²) in [5.74, 6) is -1.02. The van der Waals surface area contributed by atoms with E-state index in [-0.39, 0.29) is 29.0 Å². The molecule has 0 aliphatic heterocycles. The minimum Gasteiger partial charge on any atom is -0.327 e. The molecule has 0 aliphatic carbocycles. The highest BCUT2D eigenvalue weighted by Gasteiger charge is 2.16. The summed E-state index contributed by atoms with van der Waals surface area (Å²) in [7, 11) is -3.46. The van der Waals surface area contributed by atoms with Crippen LogP contribution in [0.3, 0.4) is 0 Å². The maximum absolute atomic E-state index is 13.6. The van der Waals surface area contributed by atoms with Gasteiger partial charge in [0.1, 0.15) is 5.82 Å². The Bertz CT molecular complexity index is 600. The smallest absolute Gasteiger partial charge is 0.226 e. The van der Waals surface area contributed by atoms with Crippen LogP contribution in [0.2, 0.25) is 0 Å². The molecule has 0 saturated heterocycles. The lowest BCUT2D eigenvalue weighted by atomic mass is 10.0. The molecule has 0 heterocycles. The Kier molecular flexibility index (Phi) is 5.24. The molecule has 1 aromatic carbocycles. The van der Waals surface area contributed by atoms with E-state index in [0.717, 1.165) is 24.5 Å². The van der Waals surface area contributed by atoms with Crippen LogP contribution < -0.4 is 11.1 Å². The van der Waals surface area contributed by atoms with Crippen LogP contribution in [-0.2, 0) is 14.6 Å². The lowest BCUT2D eigenvalue weighted by Gasteiger charge is -2.15. The number of benzene rings is 1. The lowest BCUT2D eigenvalue weighted by Crippen LogP contribution is -2.31. The first kappa shape index (κ1) is 16.6. The van der Waals surface area contributed by atoms with Crippen LogP contribution in [-0.4, -0.2) is 26.6 Å². The summed E-state index contributed by atoms with van der Waals surface area (Å²) < 4.78 is 36.4. The first-order valence-corrected chi connectivity index (χ1v) is 8.05. The zero-order chi connectivity index (χ0) is 15.5. The zero-order valence-electron chi connectivity index (χ0n) is 11.7. The highest BCUT2D eigenvalue weighted by atomic mass is 32.2. The summed E-state index contributed by atoms with van der Waals surface area (Å²) in [4.78, 5) is 11.7. The summed E-state index contributed by atoms with van der Waals surface area (Å²) in [6.07, 6.45) is 1.06. The molecule has 3 N–H and O–H groups in total. The zero-order valence-corrected chi connectivity index (χ0v) is 12.5. The van der Waals surface area contributed by atoms with Crippen molar-refractivity contribution in [1.82, 2.24) is 0 Å². The van der Waals surface area contributed by atoms with Crippen molar-refractivity contribution in [2.75, 3.05) is 11.6 Å². The third-order valence-corrected chi connectivity index (χ3v) is 4.03. The predicted octanol–water partition coefficient (Wildman–Crippen LogP) is 1.54. The molecule has 112 valence electrons. The van der Waals surface area contributed by atoms with Crippen molar-refractivity contribution < 1.29 is 17.6 Å². The van der Waals surface area contributed by atoms with Crippen molar-refractivity contribution in [3.8, 4) is 0 Å². The monoisotopic (exact) mass is 302 g/mol. The minimum absolute atomic E-state index is 0.0419. The largest absolute Gasteiger partial charge is 0.327 e. The Hall–Kier alpha value is -1.47. The molecule has 0 aliphatic rings. The molecule has 1 rings (SSSR count). The number of nitrogens with two attached hydrogens (primary N) is 1. The quantitative estimate of drug-likeness (QED) is 0.807. The molecule has 0 radical (unpaired) electrons. The van der Waals surface area contributed by atoms with E-state index < -0.39 is 21.6 Å². The predicted molar refractivity (Wildman–Crippen MR) is 75.6 cm³/mol. The number of amides is 1. The molecule has 0 saturated carbocycles. The van der Waals surface area contributed by atoms with Crippen molar-refractivity contribution in [3.05, 3.63) is 24.0 Å². The van der Waals surface area contributed by atoms with Gasteiger partial charge in [-0.15, -0.1) is 0 Å². The van der Waals surface area contributed by atoms with Gasteiger partial charge in [-0.1, -0.05) is 13.8 Å². The fraction of sp³-hybridized carbons (Fsp3) is 0.462. The number of rotatable bonds is 5. The standard InChI is InChI=1S/C13H19FN2O3S/c1-8(2)11(15)7-13(17)16-12-6-9(20(3,18)19)4-5-10(12)14/h4-6,8,11H,7,15H2,1-3H3,(H,16,17). The van der Waals surface area contributed by atoms with Crippen LogP contribution in [0.1, 0.15) is 20.3 Å². The fourth-order valence-corrected chi connectivity index (χ4v) is 2.13. The van der Waals surface area contributed by atoms with Crippen LogP contribution in [0.15, 0.2) is 23.1 Å². The van der Waals surface area contributed by atoms with Gasteiger partial charge in [0.05, 0.1) is 10.6 Å². The second-order valence-electron chi connectivity index (χ2n) is 5.07. The molecule has 0 spiro atoms. The van der Waals surface area contributed by atoms with E-state index in [2.05, 4.69) is 5.32 Å². The molecular formula is C13H19FN2O3S. The summed E-state index contributed by atoms with van der Waals surface area (Å²) in [5, 5.41) is 2.35. The topological polar surface area (TPSA) is 89.3 Å². The van der Waals surface area contributed by atoms with Gasteiger partial charge in [0.25, 0.3) is 0 Å². The Labute approximate surface area is 118 Å². The third kappa shape index (κ3) is 4.57. The average Bonchev–Trinajstić information content (AvgIpc) is 2.30. The van der Waals surface area contributed by atoms with E-state index >= 15 is 0 Å². The van der Waals surface area contributed by atoms with Crippen molar-refractivity contribution in [2.24, 2.45) is 11.7 Å². The number of anilines is 1. The van der Waals surface area contributed by atoms with Gasteiger partial charge in [-0.25, -0.2) is 12.8 Å². The molecule has 1 unspecified atom stereocenters. The van der Waals surface area contributed by atoms with E-state index in [0.29, 0.717) is 0 Å². The fourth-order valence-electron chi connectivity index (χ4n) is 1.48. The van der Waals surface area contributed by atoms with Crippen LogP contribution in [0, 0.1) is 11.7 Å². The Morgan fingerprint density at radius 3 is 2.50 bits per heavy atom. The van der Waals surface area contributed by atoms with Gasteiger partial charge in [-0.3, -0.25) is 4.79 Å². The number of nitrogens with one attached hydrogen (secondary N) is 1. The lowest BCUT2D eigenvalue weighted by molar-refractivity contribution is -0.116. The number of hydrogen-bond acceptors (Lipinski definition) is 4. The molecule has 0 aromatic heterocycles. The van der Waals surface area contributed by atoms with E-state index in [1.807, 2.05) is 13.8 Å². The van der Waals surface area contributed by atoms with Crippen LogP contribution in [0.25, 0.3) is 0 Å². The molecule has 1 amide bonds. The summed E-state index contributed by atoms with van der Waals surface area (Å²) in [6.45, 7) is 3.76. The maximum Gasteiger partial charge on any atom is 0.226 e.